The van der Waals surface area contributed by atoms with E-state index >= 15 is 0 Å². The van der Waals surface area contributed by atoms with Crippen LogP contribution in [0.2, 0.25) is 0 Å². The number of anilines is 2. The van der Waals surface area contributed by atoms with Gasteiger partial charge in [-0.3, -0.25) is 14.2 Å². The summed E-state index contributed by atoms with van der Waals surface area (Å²) >= 11 is 0. The monoisotopic (exact) mass is 340 g/mol. The largest absolute Gasteiger partial charge is 0.341 e. The van der Waals surface area contributed by atoms with E-state index in [0.717, 1.165) is 42.7 Å². The number of rotatable bonds is 4. The molecule has 132 valence electrons. The Hall–Kier alpha value is -2.63. The van der Waals surface area contributed by atoms with E-state index in [-0.39, 0.29) is 18.0 Å². The number of benzene rings is 1. The molecule has 1 fully saturated rings. The van der Waals surface area contributed by atoms with Gasteiger partial charge in [-0.05, 0) is 56.9 Å². The van der Waals surface area contributed by atoms with Crippen molar-refractivity contribution >= 4 is 17.5 Å². The minimum Gasteiger partial charge on any atom is -0.341 e. The summed E-state index contributed by atoms with van der Waals surface area (Å²) in [6, 6.07) is 7.53. The molecule has 3 rings (SSSR count). The quantitative estimate of drug-likeness (QED) is 0.929. The number of carbonyl (C=O) groups is 1. The maximum Gasteiger partial charge on any atom is 0.255 e. The van der Waals surface area contributed by atoms with Gasteiger partial charge in [-0.25, -0.2) is 4.98 Å². The lowest BCUT2D eigenvalue weighted by Crippen LogP contribution is -2.35. The van der Waals surface area contributed by atoms with Crippen LogP contribution in [0.3, 0.4) is 0 Å². The maximum absolute atomic E-state index is 12.5. The normalized spacial score (nSPS) is 14.0. The van der Waals surface area contributed by atoms with Crippen molar-refractivity contribution < 1.29 is 4.79 Å². The first-order valence-corrected chi connectivity index (χ1v) is 8.64. The number of amides is 1. The van der Waals surface area contributed by atoms with Gasteiger partial charge >= 0.3 is 0 Å². The summed E-state index contributed by atoms with van der Waals surface area (Å²) < 4.78 is 1.42. The van der Waals surface area contributed by atoms with Gasteiger partial charge in [0.2, 0.25) is 11.9 Å². The van der Waals surface area contributed by atoms with Gasteiger partial charge in [0, 0.05) is 30.5 Å². The van der Waals surface area contributed by atoms with E-state index < -0.39 is 0 Å². The molecule has 25 heavy (non-hydrogen) atoms. The molecule has 2 heterocycles. The molecular formula is C19H24N4O2. The van der Waals surface area contributed by atoms with Crippen molar-refractivity contribution in [1.82, 2.24) is 14.5 Å². The molecular weight excluding hydrogens is 316 g/mol. The molecule has 0 saturated carbocycles. The SMILES string of the molecule is Cc1cc(C)cc(Nc2nc(C)cc(=O)n2CC(=O)N2CCCC2)c1. The lowest BCUT2D eigenvalue weighted by Gasteiger charge is -2.18. The fraction of sp³-hybridized carbons (Fsp3) is 0.421. The molecule has 0 spiro atoms. The average molecular weight is 340 g/mol. The summed E-state index contributed by atoms with van der Waals surface area (Å²) in [6.07, 6.45) is 2.06. The molecule has 6 nitrogen and oxygen atoms in total. The van der Waals surface area contributed by atoms with Gasteiger partial charge in [0.25, 0.3) is 5.56 Å². The number of nitrogens with zero attached hydrogens (tertiary/aromatic N) is 3. The van der Waals surface area contributed by atoms with Gasteiger partial charge in [-0.1, -0.05) is 6.07 Å². The van der Waals surface area contributed by atoms with Crippen LogP contribution in [-0.2, 0) is 11.3 Å². The summed E-state index contributed by atoms with van der Waals surface area (Å²) in [6.45, 7) is 7.37. The molecule has 1 aliphatic rings. The zero-order chi connectivity index (χ0) is 18.0. The number of aryl methyl sites for hydroxylation is 3. The first-order chi connectivity index (χ1) is 11.9. The number of carbonyl (C=O) groups excluding carboxylic acids is 1. The van der Waals surface area contributed by atoms with E-state index in [4.69, 9.17) is 0 Å². The molecule has 0 atom stereocenters. The summed E-state index contributed by atoms with van der Waals surface area (Å²) in [5.41, 5.74) is 3.51. The van der Waals surface area contributed by atoms with Crippen LogP contribution < -0.4 is 10.9 Å². The summed E-state index contributed by atoms with van der Waals surface area (Å²) in [4.78, 5) is 31.2. The van der Waals surface area contributed by atoms with E-state index in [9.17, 15) is 9.59 Å². The lowest BCUT2D eigenvalue weighted by molar-refractivity contribution is -0.130. The van der Waals surface area contributed by atoms with Crippen LogP contribution in [0.1, 0.15) is 29.7 Å². The fourth-order valence-electron chi connectivity index (χ4n) is 3.25. The van der Waals surface area contributed by atoms with Crippen molar-refractivity contribution in [1.29, 1.82) is 0 Å². The molecule has 6 heteroatoms. The molecule has 1 aromatic carbocycles. The Kier molecular flexibility index (Phi) is 4.88. The number of likely N-dealkylation sites (tertiary alicyclic amines) is 1. The van der Waals surface area contributed by atoms with Crippen LogP contribution in [0.15, 0.2) is 29.1 Å². The molecule has 0 aliphatic carbocycles. The Morgan fingerprint density at radius 3 is 2.36 bits per heavy atom. The predicted octanol–water partition coefficient (Wildman–Crippen LogP) is 2.53. The molecule has 1 N–H and O–H groups in total. The van der Waals surface area contributed by atoms with Crippen LogP contribution in [0.25, 0.3) is 0 Å². The zero-order valence-electron chi connectivity index (χ0n) is 15.0. The van der Waals surface area contributed by atoms with Gasteiger partial charge in [-0.15, -0.1) is 0 Å². The molecule has 2 aromatic rings. The lowest BCUT2D eigenvalue weighted by atomic mass is 10.1. The molecule has 1 aromatic heterocycles. The standard InChI is InChI=1S/C19H24N4O2/c1-13-8-14(2)10-16(9-13)21-19-20-15(3)11-17(24)23(19)12-18(25)22-6-4-5-7-22/h8-11H,4-7,12H2,1-3H3,(H,20,21). The zero-order valence-corrected chi connectivity index (χ0v) is 15.0. The maximum atomic E-state index is 12.5. The fourth-order valence-corrected chi connectivity index (χ4v) is 3.25. The van der Waals surface area contributed by atoms with Crippen LogP contribution in [0.5, 0.6) is 0 Å². The number of hydrogen-bond donors (Lipinski definition) is 1. The van der Waals surface area contributed by atoms with Gasteiger partial charge in [-0.2, -0.15) is 0 Å². The second-order valence-corrected chi connectivity index (χ2v) is 6.73. The van der Waals surface area contributed by atoms with E-state index in [2.05, 4.69) is 16.4 Å². The van der Waals surface area contributed by atoms with Crippen molar-refractivity contribution in [3.05, 3.63) is 51.4 Å². The minimum atomic E-state index is -0.216. The summed E-state index contributed by atoms with van der Waals surface area (Å²) in [7, 11) is 0. The second-order valence-electron chi connectivity index (χ2n) is 6.73. The van der Waals surface area contributed by atoms with Crippen LogP contribution in [-0.4, -0.2) is 33.4 Å². The van der Waals surface area contributed by atoms with Gasteiger partial charge in [0.05, 0.1) is 0 Å². The molecule has 0 unspecified atom stereocenters. The van der Waals surface area contributed by atoms with Crippen molar-refractivity contribution in [3.8, 4) is 0 Å². The third-order valence-electron chi connectivity index (χ3n) is 4.37. The van der Waals surface area contributed by atoms with Gasteiger partial charge in [0.1, 0.15) is 6.54 Å². The molecule has 1 saturated heterocycles. The van der Waals surface area contributed by atoms with Crippen molar-refractivity contribution in [2.75, 3.05) is 18.4 Å². The Balaban J connectivity index is 1.92. The highest BCUT2D eigenvalue weighted by molar-refractivity contribution is 5.76. The summed E-state index contributed by atoms with van der Waals surface area (Å²) in [5, 5.41) is 3.21. The van der Waals surface area contributed by atoms with Crippen molar-refractivity contribution in [2.24, 2.45) is 0 Å². The third kappa shape index (κ3) is 4.07. The van der Waals surface area contributed by atoms with Crippen LogP contribution in [0.4, 0.5) is 11.6 Å². The Morgan fingerprint density at radius 1 is 1.08 bits per heavy atom. The highest BCUT2D eigenvalue weighted by Gasteiger charge is 2.20. The first kappa shape index (κ1) is 17.2. The molecule has 1 aliphatic heterocycles. The Bertz CT molecular complexity index is 831. The van der Waals surface area contributed by atoms with E-state index in [0.29, 0.717) is 11.6 Å². The first-order valence-electron chi connectivity index (χ1n) is 8.64. The van der Waals surface area contributed by atoms with Gasteiger partial charge < -0.3 is 10.2 Å². The Morgan fingerprint density at radius 2 is 1.72 bits per heavy atom. The van der Waals surface area contributed by atoms with E-state index in [1.807, 2.05) is 30.9 Å². The van der Waals surface area contributed by atoms with E-state index in [1.54, 1.807) is 6.92 Å². The third-order valence-corrected chi connectivity index (χ3v) is 4.37. The van der Waals surface area contributed by atoms with Gasteiger partial charge in [0.15, 0.2) is 0 Å². The van der Waals surface area contributed by atoms with Crippen LogP contribution in [0, 0.1) is 20.8 Å². The minimum absolute atomic E-state index is 0.0131. The predicted molar refractivity (Wildman–Crippen MR) is 98.2 cm³/mol. The number of hydrogen-bond acceptors (Lipinski definition) is 4. The van der Waals surface area contributed by atoms with Crippen LogP contribution >= 0.6 is 0 Å². The molecule has 1 amide bonds. The van der Waals surface area contributed by atoms with E-state index in [1.165, 1.54) is 10.6 Å². The Labute approximate surface area is 147 Å². The molecule has 0 bridgehead atoms. The highest BCUT2D eigenvalue weighted by Crippen LogP contribution is 2.18. The number of aromatic nitrogens is 2. The topological polar surface area (TPSA) is 67.2 Å². The van der Waals surface area contributed by atoms with Crippen molar-refractivity contribution in [3.63, 3.8) is 0 Å². The summed E-state index contributed by atoms with van der Waals surface area (Å²) in [5.74, 6) is 0.372. The average Bonchev–Trinajstić information content (AvgIpc) is 3.04. The number of nitrogens with one attached hydrogen (secondary N) is 1. The van der Waals surface area contributed by atoms with Crippen molar-refractivity contribution in [2.45, 2.75) is 40.2 Å². The highest BCUT2D eigenvalue weighted by atomic mass is 16.2. The molecule has 0 radical (unpaired) electrons. The second kappa shape index (κ2) is 7.09. The smallest absolute Gasteiger partial charge is 0.255 e.